The van der Waals surface area contributed by atoms with Crippen molar-refractivity contribution in [3.05, 3.63) is 35.4 Å². The Morgan fingerprint density at radius 3 is 2.50 bits per heavy atom. The summed E-state index contributed by atoms with van der Waals surface area (Å²) < 4.78 is 0. The minimum Gasteiger partial charge on any atom is -0.292 e. The molecule has 0 N–H and O–H groups in total. The third-order valence-corrected chi connectivity index (χ3v) is 3.15. The average molecular weight is 245 g/mol. The van der Waals surface area contributed by atoms with E-state index in [0.717, 1.165) is 31.2 Å². The van der Waals surface area contributed by atoms with Crippen molar-refractivity contribution in [1.82, 2.24) is 0 Å². The fourth-order valence-corrected chi connectivity index (χ4v) is 2.11. The summed E-state index contributed by atoms with van der Waals surface area (Å²) in [5, 5.41) is 0. The van der Waals surface area contributed by atoms with Crippen LogP contribution in [0.4, 0.5) is 0 Å². The summed E-state index contributed by atoms with van der Waals surface area (Å²) in [6, 6.07) is 8.05. The van der Waals surface area contributed by atoms with Crippen molar-refractivity contribution >= 4 is 11.5 Å². The van der Waals surface area contributed by atoms with Gasteiger partial charge in [-0.2, -0.15) is 0 Å². The van der Waals surface area contributed by atoms with Gasteiger partial charge in [0.05, 0.1) is 0 Å². The predicted octanol–water partition coefficient (Wildman–Crippen LogP) is 3.82. The molecule has 18 heavy (non-hydrogen) atoms. The number of aryl methyl sites for hydroxylation is 1. The molecule has 0 aliphatic carbocycles. The Kier molecular flexibility index (Phi) is 6.34. The van der Waals surface area contributed by atoms with E-state index in [1.54, 1.807) is 7.05 Å². The number of carbonyl (C=O) groups is 1. The predicted molar refractivity (Wildman–Crippen MR) is 77.4 cm³/mol. The van der Waals surface area contributed by atoms with Gasteiger partial charge in [0, 0.05) is 19.0 Å². The Bertz CT molecular complexity index is 421. The molecule has 0 bridgehead atoms. The van der Waals surface area contributed by atoms with E-state index in [9.17, 15) is 4.79 Å². The maximum absolute atomic E-state index is 12.2. The fourth-order valence-electron chi connectivity index (χ4n) is 2.11. The minimum absolute atomic E-state index is 0.173. The van der Waals surface area contributed by atoms with Crippen molar-refractivity contribution in [3.8, 4) is 0 Å². The van der Waals surface area contributed by atoms with Crippen molar-refractivity contribution in [2.75, 3.05) is 7.05 Å². The highest BCUT2D eigenvalue weighted by Gasteiger charge is 2.15. The molecule has 0 fully saturated rings. The number of benzene rings is 1. The van der Waals surface area contributed by atoms with Crippen molar-refractivity contribution in [2.24, 2.45) is 4.99 Å². The van der Waals surface area contributed by atoms with Gasteiger partial charge in [0.1, 0.15) is 5.71 Å². The molecule has 1 aromatic rings. The lowest BCUT2D eigenvalue weighted by atomic mass is 9.96. The SMILES string of the molecule is CCCCCC(=O)/C(=N/C)c1ccccc1CC. The molecule has 2 nitrogen and oxygen atoms in total. The van der Waals surface area contributed by atoms with Crippen molar-refractivity contribution in [3.63, 3.8) is 0 Å². The lowest BCUT2D eigenvalue weighted by Gasteiger charge is -2.09. The molecule has 0 atom stereocenters. The van der Waals surface area contributed by atoms with Gasteiger partial charge in [-0.15, -0.1) is 0 Å². The first-order chi connectivity index (χ1) is 8.74. The Balaban J connectivity index is 2.86. The van der Waals surface area contributed by atoms with Crippen LogP contribution in [0.1, 0.15) is 50.7 Å². The Morgan fingerprint density at radius 2 is 1.89 bits per heavy atom. The van der Waals surface area contributed by atoms with E-state index in [4.69, 9.17) is 0 Å². The summed E-state index contributed by atoms with van der Waals surface area (Å²) in [6.07, 6.45) is 4.74. The van der Waals surface area contributed by atoms with Gasteiger partial charge < -0.3 is 0 Å². The van der Waals surface area contributed by atoms with Crippen LogP contribution in [-0.2, 0) is 11.2 Å². The van der Waals surface area contributed by atoms with Gasteiger partial charge in [-0.1, -0.05) is 51.0 Å². The van der Waals surface area contributed by atoms with Gasteiger partial charge in [-0.05, 0) is 18.4 Å². The lowest BCUT2D eigenvalue weighted by molar-refractivity contribution is -0.113. The number of carbonyl (C=O) groups excluding carboxylic acids is 1. The Morgan fingerprint density at radius 1 is 1.17 bits per heavy atom. The zero-order chi connectivity index (χ0) is 13.4. The van der Waals surface area contributed by atoms with E-state index in [1.165, 1.54) is 5.56 Å². The van der Waals surface area contributed by atoms with Gasteiger partial charge in [0.25, 0.3) is 0 Å². The quantitative estimate of drug-likeness (QED) is 0.530. The fraction of sp³-hybridized carbons (Fsp3) is 0.500. The van der Waals surface area contributed by atoms with Gasteiger partial charge in [-0.25, -0.2) is 0 Å². The van der Waals surface area contributed by atoms with Crippen LogP contribution >= 0.6 is 0 Å². The second-order valence-corrected chi connectivity index (χ2v) is 4.46. The van der Waals surface area contributed by atoms with Crippen LogP contribution in [0.2, 0.25) is 0 Å². The molecule has 0 saturated carbocycles. The van der Waals surface area contributed by atoms with E-state index in [1.807, 2.05) is 18.2 Å². The third kappa shape index (κ3) is 3.80. The molecule has 1 aromatic carbocycles. The second kappa shape index (κ2) is 7.80. The monoisotopic (exact) mass is 245 g/mol. The lowest BCUT2D eigenvalue weighted by Crippen LogP contribution is -2.17. The van der Waals surface area contributed by atoms with E-state index in [2.05, 4.69) is 24.9 Å². The van der Waals surface area contributed by atoms with E-state index in [-0.39, 0.29) is 5.78 Å². The number of aliphatic imine (C=N–C) groups is 1. The Labute approximate surface area is 110 Å². The molecular formula is C16H23NO. The highest BCUT2D eigenvalue weighted by Crippen LogP contribution is 2.13. The molecule has 0 aromatic heterocycles. The molecule has 0 heterocycles. The maximum atomic E-state index is 12.2. The summed E-state index contributed by atoms with van der Waals surface area (Å²) in [4.78, 5) is 16.4. The van der Waals surface area contributed by atoms with Crippen LogP contribution in [0.15, 0.2) is 29.3 Å². The van der Waals surface area contributed by atoms with Crippen molar-refractivity contribution in [1.29, 1.82) is 0 Å². The molecule has 0 amide bonds. The van der Waals surface area contributed by atoms with Crippen LogP contribution in [0.5, 0.6) is 0 Å². The first kappa shape index (κ1) is 14.6. The molecule has 0 aliphatic heterocycles. The molecule has 0 saturated heterocycles. The van der Waals surface area contributed by atoms with Crippen LogP contribution in [0.25, 0.3) is 0 Å². The molecule has 0 aliphatic rings. The van der Waals surface area contributed by atoms with E-state index < -0.39 is 0 Å². The first-order valence-electron chi connectivity index (χ1n) is 6.82. The standard InChI is InChI=1S/C16H23NO/c1-4-6-7-12-15(18)16(17-3)14-11-9-8-10-13(14)5-2/h8-11H,4-7,12H2,1-3H3/b17-16+. The number of unbranched alkanes of at least 4 members (excludes halogenated alkanes) is 2. The number of hydrogen-bond acceptors (Lipinski definition) is 2. The van der Waals surface area contributed by atoms with Crippen LogP contribution in [0, 0.1) is 0 Å². The van der Waals surface area contributed by atoms with Crippen LogP contribution in [-0.4, -0.2) is 18.5 Å². The van der Waals surface area contributed by atoms with Gasteiger partial charge in [-0.3, -0.25) is 9.79 Å². The normalized spacial score (nSPS) is 11.6. The highest BCUT2D eigenvalue weighted by atomic mass is 16.1. The van der Waals surface area contributed by atoms with E-state index >= 15 is 0 Å². The van der Waals surface area contributed by atoms with Gasteiger partial charge in [0.2, 0.25) is 0 Å². The second-order valence-electron chi connectivity index (χ2n) is 4.46. The summed E-state index contributed by atoms with van der Waals surface area (Å²) in [5.74, 6) is 0.173. The van der Waals surface area contributed by atoms with Crippen molar-refractivity contribution < 1.29 is 4.79 Å². The highest BCUT2D eigenvalue weighted by molar-refractivity contribution is 6.46. The smallest absolute Gasteiger partial charge is 0.181 e. The molecular weight excluding hydrogens is 222 g/mol. The number of rotatable bonds is 7. The van der Waals surface area contributed by atoms with Gasteiger partial charge in [0.15, 0.2) is 5.78 Å². The zero-order valence-corrected chi connectivity index (χ0v) is 11.7. The topological polar surface area (TPSA) is 29.4 Å². The minimum atomic E-state index is 0.173. The first-order valence-corrected chi connectivity index (χ1v) is 6.82. The number of hydrogen-bond donors (Lipinski definition) is 0. The molecule has 98 valence electrons. The summed E-state index contributed by atoms with van der Waals surface area (Å²) in [5.41, 5.74) is 2.84. The van der Waals surface area contributed by atoms with Crippen molar-refractivity contribution in [2.45, 2.75) is 46.0 Å². The summed E-state index contributed by atoms with van der Waals surface area (Å²) >= 11 is 0. The molecule has 1 rings (SSSR count). The number of nitrogens with zero attached hydrogens (tertiary/aromatic N) is 1. The maximum Gasteiger partial charge on any atom is 0.181 e. The average Bonchev–Trinajstić information content (AvgIpc) is 2.40. The summed E-state index contributed by atoms with van der Waals surface area (Å²) in [6.45, 7) is 4.25. The van der Waals surface area contributed by atoms with Gasteiger partial charge >= 0.3 is 0 Å². The number of ketones is 1. The summed E-state index contributed by atoms with van der Waals surface area (Å²) in [7, 11) is 1.71. The number of Topliss-reactive ketones (excluding diaryl/α,β-unsaturated/α-hetero) is 1. The largest absolute Gasteiger partial charge is 0.292 e. The molecule has 0 unspecified atom stereocenters. The van der Waals surface area contributed by atoms with Crippen LogP contribution < -0.4 is 0 Å². The van der Waals surface area contributed by atoms with Crippen LogP contribution in [0.3, 0.4) is 0 Å². The Hall–Kier alpha value is -1.44. The third-order valence-electron chi connectivity index (χ3n) is 3.15. The molecule has 0 spiro atoms. The van der Waals surface area contributed by atoms with E-state index in [0.29, 0.717) is 12.1 Å². The zero-order valence-electron chi connectivity index (χ0n) is 11.7. The molecule has 0 radical (unpaired) electrons. The molecule has 2 heteroatoms.